The number of halogens is 2. The van der Waals surface area contributed by atoms with E-state index in [0.29, 0.717) is 29.0 Å². The van der Waals surface area contributed by atoms with Gasteiger partial charge in [-0.3, -0.25) is 19.6 Å². The SMILES string of the molecule is COc1cc(OC)c(F)c(N2Cc3cnc(Nc4cccnc4)nc3N(Cc3cccc(NC(=O)/C=C/CN(C)C)c3)C2=O)c1F. The summed E-state index contributed by atoms with van der Waals surface area (Å²) in [6.45, 7) is 0.299. The average molecular weight is 631 g/mol. The molecule has 2 N–H and O–H groups in total. The number of carbonyl (C=O) groups is 2. The van der Waals surface area contributed by atoms with Crippen LogP contribution in [0.1, 0.15) is 11.1 Å². The number of nitrogens with one attached hydrogen (secondary N) is 2. The monoisotopic (exact) mass is 630 g/mol. The average Bonchev–Trinajstić information content (AvgIpc) is 3.04. The van der Waals surface area contributed by atoms with E-state index in [1.54, 1.807) is 54.9 Å². The van der Waals surface area contributed by atoms with Crippen LogP contribution in [0.4, 0.5) is 42.4 Å². The van der Waals surface area contributed by atoms with Crippen molar-refractivity contribution in [3.63, 3.8) is 0 Å². The zero-order valence-electron chi connectivity index (χ0n) is 25.6. The van der Waals surface area contributed by atoms with Crippen molar-refractivity contribution < 1.29 is 27.8 Å². The van der Waals surface area contributed by atoms with E-state index >= 15 is 8.78 Å². The minimum absolute atomic E-state index is 0.0593. The fourth-order valence-corrected chi connectivity index (χ4v) is 4.75. The molecule has 4 aromatic rings. The summed E-state index contributed by atoms with van der Waals surface area (Å²) >= 11 is 0. The lowest BCUT2D eigenvalue weighted by Crippen LogP contribution is -2.48. The van der Waals surface area contributed by atoms with Gasteiger partial charge in [-0.15, -0.1) is 0 Å². The number of rotatable bonds is 11. The molecule has 2 aromatic carbocycles. The van der Waals surface area contributed by atoms with Crippen molar-refractivity contribution in [1.29, 1.82) is 0 Å². The van der Waals surface area contributed by atoms with Gasteiger partial charge in [-0.25, -0.2) is 18.6 Å². The van der Waals surface area contributed by atoms with Crippen LogP contribution < -0.4 is 29.9 Å². The highest BCUT2D eigenvalue weighted by molar-refractivity contribution is 6.06. The van der Waals surface area contributed by atoms with Crippen LogP contribution in [0.5, 0.6) is 11.5 Å². The maximum Gasteiger partial charge on any atom is 0.330 e. The number of nitrogens with zero attached hydrogens (tertiary/aromatic N) is 6. The first-order valence-corrected chi connectivity index (χ1v) is 14.1. The molecule has 3 amide bonds. The number of hydrogen-bond acceptors (Lipinski definition) is 9. The number of hydrogen-bond donors (Lipinski definition) is 2. The maximum absolute atomic E-state index is 15.6. The van der Waals surface area contributed by atoms with Gasteiger partial charge in [0.2, 0.25) is 11.9 Å². The van der Waals surface area contributed by atoms with Crippen LogP contribution in [0.25, 0.3) is 0 Å². The summed E-state index contributed by atoms with van der Waals surface area (Å²) in [5.74, 6) is -2.63. The number of urea groups is 1. The van der Waals surface area contributed by atoms with Crippen molar-refractivity contribution in [3.05, 3.63) is 96.0 Å². The molecular weight excluding hydrogens is 598 g/mol. The minimum atomic E-state index is -1.07. The molecule has 46 heavy (non-hydrogen) atoms. The van der Waals surface area contributed by atoms with E-state index in [2.05, 4.69) is 25.6 Å². The van der Waals surface area contributed by atoms with E-state index in [0.717, 1.165) is 11.0 Å². The van der Waals surface area contributed by atoms with Gasteiger partial charge in [0.25, 0.3) is 0 Å². The van der Waals surface area contributed by atoms with Gasteiger partial charge in [0, 0.05) is 42.3 Å². The second-order valence-electron chi connectivity index (χ2n) is 10.5. The summed E-state index contributed by atoms with van der Waals surface area (Å²) in [4.78, 5) is 43.8. The van der Waals surface area contributed by atoms with Crippen LogP contribution in [0.15, 0.2) is 73.2 Å². The van der Waals surface area contributed by atoms with E-state index in [-0.39, 0.29) is 42.3 Å². The van der Waals surface area contributed by atoms with Crippen molar-refractivity contribution in [2.75, 3.05) is 55.3 Å². The number of benzene rings is 2. The Bertz CT molecular complexity index is 1740. The molecule has 12 nitrogen and oxygen atoms in total. The number of likely N-dealkylation sites (N-methyl/N-ethyl adjacent to an activating group) is 1. The first-order chi connectivity index (χ1) is 22.2. The Morgan fingerprint density at radius 1 is 1.04 bits per heavy atom. The highest BCUT2D eigenvalue weighted by Crippen LogP contribution is 2.41. The Morgan fingerprint density at radius 3 is 2.46 bits per heavy atom. The Labute approximate surface area is 264 Å². The number of methoxy groups -OCH3 is 2. The summed E-state index contributed by atoms with van der Waals surface area (Å²) in [6, 6.07) is 10.7. The summed E-state index contributed by atoms with van der Waals surface area (Å²) in [5, 5.41) is 5.86. The van der Waals surface area contributed by atoms with E-state index in [4.69, 9.17) is 9.47 Å². The van der Waals surface area contributed by atoms with E-state index < -0.39 is 23.4 Å². The van der Waals surface area contributed by atoms with Crippen LogP contribution in [-0.4, -0.2) is 66.6 Å². The quantitative estimate of drug-likeness (QED) is 0.218. The molecular formula is C32H32F2N8O4. The first-order valence-electron chi connectivity index (χ1n) is 14.1. The number of fused-ring (bicyclic) bond motifs is 1. The second kappa shape index (κ2) is 14.0. The Balaban J connectivity index is 1.53. The number of amides is 3. The molecule has 3 heterocycles. The van der Waals surface area contributed by atoms with Gasteiger partial charge >= 0.3 is 6.03 Å². The highest BCUT2D eigenvalue weighted by atomic mass is 19.1. The highest BCUT2D eigenvalue weighted by Gasteiger charge is 2.38. The number of aromatic nitrogens is 3. The number of anilines is 5. The van der Waals surface area contributed by atoms with Gasteiger partial charge in [0.15, 0.2) is 23.1 Å². The Morgan fingerprint density at radius 2 is 1.78 bits per heavy atom. The minimum Gasteiger partial charge on any atom is -0.493 e. The van der Waals surface area contributed by atoms with Crippen LogP contribution in [-0.2, 0) is 17.9 Å². The maximum atomic E-state index is 15.6. The van der Waals surface area contributed by atoms with Crippen LogP contribution >= 0.6 is 0 Å². The molecule has 14 heteroatoms. The molecule has 1 aliphatic heterocycles. The number of ether oxygens (including phenoxy) is 2. The normalized spacial score (nSPS) is 12.8. The van der Waals surface area contributed by atoms with Gasteiger partial charge in [-0.2, -0.15) is 4.98 Å². The Hall–Kier alpha value is -5.63. The van der Waals surface area contributed by atoms with Gasteiger partial charge < -0.3 is 25.0 Å². The Kier molecular flexibility index (Phi) is 9.67. The predicted molar refractivity (Wildman–Crippen MR) is 170 cm³/mol. The molecule has 0 fully saturated rings. The van der Waals surface area contributed by atoms with E-state index in [1.165, 1.54) is 31.4 Å². The van der Waals surface area contributed by atoms with Crippen LogP contribution in [0.3, 0.4) is 0 Å². The van der Waals surface area contributed by atoms with Crippen molar-refractivity contribution in [1.82, 2.24) is 19.9 Å². The molecule has 0 unspecified atom stereocenters. The third-order valence-electron chi connectivity index (χ3n) is 6.90. The smallest absolute Gasteiger partial charge is 0.330 e. The van der Waals surface area contributed by atoms with Crippen molar-refractivity contribution in [3.8, 4) is 11.5 Å². The molecule has 5 rings (SSSR count). The molecule has 0 aliphatic carbocycles. The third-order valence-corrected chi connectivity index (χ3v) is 6.90. The lowest BCUT2D eigenvalue weighted by Gasteiger charge is -2.36. The van der Waals surface area contributed by atoms with Crippen molar-refractivity contribution >= 4 is 40.8 Å². The summed E-state index contributed by atoms with van der Waals surface area (Å²) in [7, 11) is 6.24. The van der Waals surface area contributed by atoms with Crippen molar-refractivity contribution in [2.24, 2.45) is 0 Å². The zero-order chi connectivity index (χ0) is 32.8. The van der Waals surface area contributed by atoms with Crippen LogP contribution in [0.2, 0.25) is 0 Å². The fraction of sp³-hybridized carbons (Fsp3) is 0.219. The molecule has 0 radical (unpaired) electrons. The third kappa shape index (κ3) is 7.02. The molecule has 0 saturated heterocycles. The van der Waals surface area contributed by atoms with Crippen LogP contribution in [0, 0.1) is 11.6 Å². The van der Waals surface area contributed by atoms with E-state index in [9.17, 15) is 9.59 Å². The molecule has 0 saturated carbocycles. The largest absolute Gasteiger partial charge is 0.493 e. The summed E-state index contributed by atoms with van der Waals surface area (Å²) < 4.78 is 41.4. The van der Waals surface area contributed by atoms with Gasteiger partial charge in [-0.1, -0.05) is 18.2 Å². The topological polar surface area (TPSA) is 125 Å². The van der Waals surface area contributed by atoms with E-state index in [1.807, 2.05) is 19.0 Å². The standard InChI is InChI=1S/C32H32F2N8O4/c1-40(2)13-7-11-26(43)37-22-9-5-8-20(14-22)18-42-30-21(16-36-31(39-30)38-23-10-6-12-35-17-23)19-41(32(42)44)29-27(33)24(45-3)15-25(46-4)28(29)34/h5-12,14-17H,13,18-19H2,1-4H3,(H,37,43)(H,36,38,39)/b11-7+. The van der Waals surface area contributed by atoms with Crippen molar-refractivity contribution in [2.45, 2.75) is 13.1 Å². The fourth-order valence-electron chi connectivity index (χ4n) is 4.75. The molecule has 0 spiro atoms. The predicted octanol–water partition coefficient (Wildman–Crippen LogP) is 5.11. The number of pyridine rings is 1. The molecule has 1 aliphatic rings. The van der Waals surface area contributed by atoms with Gasteiger partial charge in [0.05, 0.1) is 39.2 Å². The molecule has 238 valence electrons. The second-order valence-corrected chi connectivity index (χ2v) is 10.5. The first kappa shape index (κ1) is 31.8. The summed E-state index contributed by atoms with van der Waals surface area (Å²) in [6.07, 6.45) is 7.87. The zero-order valence-corrected chi connectivity index (χ0v) is 25.6. The molecule has 0 bridgehead atoms. The molecule has 0 atom stereocenters. The number of carbonyl (C=O) groups excluding carboxylic acids is 2. The lowest BCUT2D eigenvalue weighted by molar-refractivity contribution is -0.111. The summed E-state index contributed by atoms with van der Waals surface area (Å²) in [5.41, 5.74) is 1.51. The molecule has 2 aromatic heterocycles. The van der Waals surface area contributed by atoms with Gasteiger partial charge in [0.1, 0.15) is 11.5 Å². The van der Waals surface area contributed by atoms with Gasteiger partial charge in [-0.05, 0) is 43.9 Å². The lowest BCUT2D eigenvalue weighted by atomic mass is 10.1.